The zero-order chi connectivity index (χ0) is 21.3. The van der Waals surface area contributed by atoms with Crippen LogP contribution in [0.1, 0.15) is 44.6 Å². The molecule has 7 heteroatoms. The van der Waals surface area contributed by atoms with Gasteiger partial charge >= 0.3 is 0 Å². The molecule has 0 radical (unpaired) electrons. The molecule has 1 fully saturated rings. The van der Waals surface area contributed by atoms with Gasteiger partial charge in [0.05, 0.1) is 10.7 Å². The van der Waals surface area contributed by atoms with Crippen molar-refractivity contribution < 1.29 is 13.2 Å². The van der Waals surface area contributed by atoms with Crippen LogP contribution in [0.4, 0.5) is 0 Å². The number of H-pyrrole nitrogens is 1. The standard InChI is InChI=1S/C23H25ClN2O3S/c1-15(27)13-19-18-9-5-6-10-21(18)25-23(19)16-11-12-20(24)22(14-16)30(28,29)26-17-7-3-2-4-8-17/h5-6,9-12,14,17,25-26H,2-4,7-8,13H2,1H3. The number of hydrogen-bond donors (Lipinski definition) is 2. The highest BCUT2D eigenvalue weighted by Crippen LogP contribution is 2.34. The van der Waals surface area contributed by atoms with Gasteiger partial charge in [-0.3, -0.25) is 4.79 Å². The van der Waals surface area contributed by atoms with E-state index in [1.54, 1.807) is 25.1 Å². The number of Topliss-reactive ketones (excluding diaryl/α,β-unsaturated/α-hetero) is 1. The Balaban J connectivity index is 1.77. The van der Waals surface area contributed by atoms with Gasteiger partial charge in [0.15, 0.2) is 0 Å². The average molecular weight is 445 g/mol. The van der Waals surface area contributed by atoms with Gasteiger partial charge < -0.3 is 4.98 Å². The molecular formula is C23H25ClN2O3S. The number of rotatable bonds is 6. The Morgan fingerprint density at radius 1 is 1.13 bits per heavy atom. The molecule has 0 spiro atoms. The molecule has 1 heterocycles. The predicted octanol–water partition coefficient (Wildman–Crippen LogP) is 5.23. The Morgan fingerprint density at radius 2 is 1.87 bits per heavy atom. The minimum absolute atomic E-state index is 0.0433. The number of halogens is 1. The van der Waals surface area contributed by atoms with Crippen molar-refractivity contribution in [2.45, 2.75) is 56.4 Å². The lowest BCUT2D eigenvalue weighted by Crippen LogP contribution is -2.36. The molecule has 0 amide bonds. The van der Waals surface area contributed by atoms with E-state index in [2.05, 4.69) is 9.71 Å². The normalized spacial score (nSPS) is 15.5. The molecule has 5 nitrogen and oxygen atoms in total. The van der Waals surface area contributed by atoms with Gasteiger partial charge in [0, 0.05) is 23.4 Å². The summed E-state index contributed by atoms with van der Waals surface area (Å²) in [5.74, 6) is 0.0433. The molecule has 158 valence electrons. The molecular weight excluding hydrogens is 420 g/mol. The number of benzene rings is 2. The number of hydrogen-bond acceptors (Lipinski definition) is 3. The Labute approximate surface area is 181 Å². The van der Waals surface area contributed by atoms with Gasteiger partial charge in [-0.15, -0.1) is 0 Å². The average Bonchev–Trinajstić information content (AvgIpc) is 3.06. The molecule has 0 bridgehead atoms. The van der Waals surface area contributed by atoms with Crippen LogP contribution in [0.15, 0.2) is 47.4 Å². The third-order valence-electron chi connectivity index (χ3n) is 5.68. The molecule has 1 aromatic heterocycles. The number of para-hydroxylation sites is 1. The number of aromatic nitrogens is 1. The number of ketones is 1. The number of sulfonamides is 1. The highest BCUT2D eigenvalue weighted by Gasteiger charge is 2.25. The van der Waals surface area contributed by atoms with Crippen LogP contribution in [0, 0.1) is 0 Å². The minimum Gasteiger partial charge on any atom is -0.354 e. The summed E-state index contributed by atoms with van der Waals surface area (Å²) in [6, 6.07) is 12.7. The molecule has 1 aliphatic rings. The number of carbonyl (C=O) groups is 1. The molecule has 0 unspecified atom stereocenters. The summed E-state index contributed by atoms with van der Waals surface area (Å²) >= 11 is 6.31. The highest BCUT2D eigenvalue weighted by molar-refractivity contribution is 7.89. The highest BCUT2D eigenvalue weighted by atomic mass is 35.5. The predicted molar refractivity (Wildman–Crippen MR) is 120 cm³/mol. The van der Waals surface area contributed by atoms with Gasteiger partial charge in [-0.25, -0.2) is 13.1 Å². The summed E-state index contributed by atoms with van der Waals surface area (Å²) in [6.07, 6.45) is 5.18. The molecule has 1 aliphatic carbocycles. The molecule has 30 heavy (non-hydrogen) atoms. The second kappa shape index (κ2) is 8.53. The van der Waals surface area contributed by atoms with Crippen molar-refractivity contribution in [1.82, 2.24) is 9.71 Å². The fraction of sp³-hybridized carbons (Fsp3) is 0.348. The van der Waals surface area contributed by atoms with Gasteiger partial charge in [0.2, 0.25) is 10.0 Å². The van der Waals surface area contributed by atoms with Crippen LogP contribution in [0.2, 0.25) is 5.02 Å². The van der Waals surface area contributed by atoms with E-state index < -0.39 is 10.0 Å². The van der Waals surface area contributed by atoms with E-state index >= 15 is 0 Å². The molecule has 4 rings (SSSR count). The first kappa shape index (κ1) is 21.1. The lowest BCUT2D eigenvalue weighted by Gasteiger charge is -2.23. The first-order chi connectivity index (χ1) is 14.3. The Morgan fingerprint density at radius 3 is 2.60 bits per heavy atom. The monoisotopic (exact) mass is 444 g/mol. The van der Waals surface area contributed by atoms with E-state index in [1.165, 1.54) is 0 Å². The van der Waals surface area contributed by atoms with Crippen molar-refractivity contribution >= 4 is 38.3 Å². The summed E-state index contributed by atoms with van der Waals surface area (Å²) in [4.78, 5) is 15.3. The first-order valence-corrected chi connectivity index (χ1v) is 12.1. The smallest absolute Gasteiger partial charge is 0.242 e. The largest absolute Gasteiger partial charge is 0.354 e. The Hall–Kier alpha value is -2.15. The van der Waals surface area contributed by atoms with Crippen LogP contribution in [0.3, 0.4) is 0 Å². The molecule has 0 aliphatic heterocycles. The third kappa shape index (κ3) is 4.31. The minimum atomic E-state index is -3.75. The third-order valence-corrected chi connectivity index (χ3v) is 7.68. The van der Waals surface area contributed by atoms with Crippen LogP contribution in [-0.4, -0.2) is 25.2 Å². The first-order valence-electron chi connectivity index (χ1n) is 10.3. The van der Waals surface area contributed by atoms with Gasteiger partial charge in [-0.1, -0.05) is 55.1 Å². The van der Waals surface area contributed by atoms with Crippen molar-refractivity contribution in [3.8, 4) is 11.3 Å². The quantitative estimate of drug-likeness (QED) is 0.546. The summed E-state index contributed by atoms with van der Waals surface area (Å²) < 4.78 is 29.0. The van der Waals surface area contributed by atoms with Crippen molar-refractivity contribution in [3.05, 3.63) is 53.1 Å². The van der Waals surface area contributed by atoms with E-state index in [4.69, 9.17) is 11.6 Å². The number of nitrogens with one attached hydrogen (secondary N) is 2. The van der Waals surface area contributed by atoms with Crippen molar-refractivity contribution in [2.75, 3.05) is 0 Å². The van der Waals surface area contributed by atoms with E-state index in [9.17, 15) is 13.2 Å². The fourth-order valence-electron chi connectivity index (χ4n) is 4.25. The fourth-order valence-corrected chi connectivity index (χ4v) is 6.08. The molecule has 0 atom stereocenters. The van der Waals surface area contributed by atoms with Crippen molar-refractivity contribution in [2.24, 2.45) is 0 Å². The lowest BCUT2D eigenvalue weighted by molar-refractivity contribution is -0.116. The van der Waals surface area contributed by atoms with Gasteiger partial charge in [-0.2, -0.15) is 0 Å². The molecule has 2 N–H and O–H groups in total. The number of fused-ring (bicyclic) bond motifs is 1. The van der Waals surface area contributed by atoms with E-state index in [0.29, 0.717) is 5.56 Å². The molecule has 3 aromatic rings. The van der Waals surface area contributed by atoms with E-state index in [0.717, 1.165) is 54.3 Å². The SMILES string of the molecule is CC(=O)Cc1c(-c2ccc(Cl)c(S(=O)(=O)NC3CCCCC3)c2)[nH]c2ccccc12. The maximum Gasteiger partial charge on any atom is 0.242 e. The number of aromatic amines is 1. The molecule has 2 aromatic carbocycles. The van der Waals surface area contributed by atoms with Crippen LogP contribution in [0.25, 0.3) is 22.2 Å². The lowest BCUT2D eigenvalue weighted by atomic mass is 9.96. The van der Waals surface area contributed by atoms with Crippen LogP contribution >= 0.6 is 11.6 Å². The van der Waals surface area contributed by atoms with Gasteiger partial charge in [0.1, 0.15) is 10.7 Å². The zero-order valence-corrected chi connectivity index (χ0v) is 18.4. The van der Waals surface area contributed by atoms with Crippen LogP contribution in [-0.2, 0) is 21.2 Å². The maximum atomic E-state index is 13.1. The Bertz CT molecular complexity index is 1190. The maximum absolute atomic E-state index is 13.1. The summed E-state index contributed by atoms with van der Waals surface area (Å²) in [6.45, 7) is 1.55. The van der Waals surface area contributed by atoms with E-state index in [1.807, 2.05) is 24.3 Å². The summed E-state index contributed by atoms with van der Waals surface area (Å²) in [7, 11) is -3.75. The zero-order valence-electron chi connectivity index (χ0n) is 16.9. The van der Waals surface area contributed by atoms with Crippen molar-refractivity contribution in [3.63, 3.8) is 0 Å². The van der Waals surface area contributed by atoms with Gasteiger partial charge in [0.25, 0.3) is 0 Å². The molecule has 1 saturated carbocycles. The van der Waals surface area contributed by atoms with Gasteiger partial charge in [-0.05, 0) is 49.1 Å². The number of carbonyl (C=O) groups excluding carboxylic acids is 1. The van der Waals surface area contributed by atoms with E-state index in [-0.39, 0.29) is 28.2 Å². The van der Waals surface area contributed by atoms with Crippen molar-refractivity contribution in [1.29, 1.82) is 0 Å². The molecule has 0 saturated heterocycles. The summed E-state index contributed by atoms with van der Waals surface area (Å²) in [5, 5.41) is 1.15. The topological polar surface area (TPSA) is 79.0 Å². The van der Waals surface area contributed by atoms with Crippen LogP contribution in [0.5, 0.6) is 0 Å². The second-order valence-electron chi connectivity index (χ2n) is 8.00. The van der Waals surface area contributed by atoms with Crippen LogP contribution < -0.4 is 4.72 Å². The summed E-state index contributed by atoms with van der Waals surface area (Å²) in [5.41, 5.74) is 3.21. The second-order valence-corrected chi connectivity index (χ2v) is 10.1. The Kier molecular flexibility index (Phi) is 6.00.